The zero-order valence-corrected chi connectivity index (χ0v) is 20.4. The van der Waals surface area contributed by atoms with E-state index in [4.69, 9.17) is 15.3 Å². The van der Waals surface area contributed by atoms with Gasteiger partial charge in [-0.05, 0) is 51.3 Å². The Morgan fingerprint density at radius 1 is 1.21 bits per heavy atom. The molecule has 0 aliphatic carbocycles. The van der Waals surface area contributed by atoms with Gasteiger partial charge in [-0.1, -0.05) is 35.3 Å². The summed E-state index contributed by atoms with van der Waals surface area (Å²) in [6, 6.07) is 6.20. The van der Waals surface area contributed by atoms with Crippen molar-refractivity contribution in [3.8, 4) is 18.1 Å². The third-order valence-electron chi connectivity index (χ3n) is 5.74. The fourth-order valence-corrected chi connectivity index (χ4v) is 4.67. The second-order valence-corrected chi connectivity index (χ2v) is 9.61. The van der Waals surface area contributed by atoms with Gasteiger partial charge in [0, 0.05) is 23.1 Å². The normalized spacial score (nSPS) is 13.1. The molecule has 0 atom stereocenters. The van der Waals surface area contributed by atoms with Gasteiger partial charge in [-0.15, -0.1) is 6.42 Å². The van der Waals surface area contributed by atoms with E-state index in [1.54, 1.807) is 19.1 Å². The number of aryl methyl sites for hydroxylation is 1. The number of hydrogen-bond acceptors (Lipinski definition) is 7. The molecule has 0 radical (unpaired) electrons. The van der Waals surface area contributed by atoms with E-state index in [0.29, 0.717) is 28.7 Å². The summed E-state index contributed by atoms with van der Waals surface area (Å²) in [5.74, 6) is 1.51. The fraction of sp³-hybridized carbons (Fsp3) is 0.308. The average Bonchev–Trinajstić information content (AvgIpc) is 3.20. The predicted octanol–water partition coefficient (Wildman–Crippen LogP) is 4.16. The van der Waals surface area contributed by atoms with E-state index in [9.17, 15) is 18.0 Å². The minimum atomic E-state index is -4.26. The van der Waals surface area contributed by atoms with Crippen molar-refractivity contribution in [2.24, 2.45) is 0 Å². The summed E-state index contributed by atoms with van der Waals surface area (Å²) in [5, 5.41) is 0. The van der Waals surface area contributed by atoms with E-state index in [-0.39, 0.29) is 41.6 Å². The Balaban J connectivity index is 2.11. The number of methoxy groups -OCH3 is 1. The Kier molecular flexibility index (Phi) is 7.48. The molecule has 8 heteroatoms. The first-order chi connectivity index (χ1) is 16.1. The number of hydrogen-bond donors (Lipinski definition) is 0. The number of fused-ring (bicyclic) bond motifs is 1. The van der Waals surface area contributed by atoms with Crippen molar-refractivity contribution in [2.45, 2.75) is 51.5 Å². The SMILES string of the molecule is C#Cc1c(C)c2c(c(OS(=O)(=O)c3ccc(C)cc3)c1CC=C(C)CCC(=O)OC)C(=O)OC2. The summed E-state index contributed by atoms with van der Waals surface area (Å²) in [6.45, 7) is 5.44. The van der Waals surface area contributed by atoms with Crippen LogP contribution in [0.15, 0.2) is 40.8 Å². The van der Waals surface area contributed by atoms with E-state index in [0.717, 1.165) is 11.1 Å². The van der Waals surface area contributed by atoms with E-state index >= 15 is 0 Å². The monoisotopic (exact) mass is 482 g/mol. The lowest BCUT2D eigenvalue weighted by Gasteiger charge is -2.18. The molecular formula is C26H26O7S. The molecular weight excluding hydrogens is 456 g/mol. The first kappa shape index (κ1) is 25.1. The van der Waals surface area contributed by atoms with Crippen LogP contribution in [0.4, 0.5) is 0 Å². The van der Waals surface area contributed by atoms with Crippen molar-refractivity contribution in [2.75, 3.05) is 7.11 Å². The van der Waals surface area contributed by atoms with Crippen LogP contribution >= 0.6 is 0 Å². The molecule has 0 saturated heterocycles. The van der Waals surface area contributed by atoms with E-state index in [1.807, 2.05) is 19.9 Å². The van der Waals surface area contributed by atoms with Gasteiger partial charge < -0.3 is 13.7 Å². The first-order valence-corrected chi connectivity index (χ1v) is 12.1. The second kappa shape index (κ2) is 10.1. The topological polar surface area (TPSA) is 96.0 Å². The quantitative estimate of drug-likeness (QED) is 0.241. The number of allylic oxidation sites excluding steroid dienone is 2. The number of cyclic esters (lactones) is 1. The molecule has 1 heterocycles. The maximum absolute atomic E-state index is 13.1. The standard InChI is InChI=1S/C26H26O7S/c1-6-20-18(4)22-15-32-26(28)24(22)25(21(20)13-9-17(3)10-14-23(27)31-5)33-34(29,30)19-11-7-16(2)8-12-19/h1,7-9,11-12H,10,13-15H2,2-5H3. The molecule has 0 aromatic heterocycles. The summed E-state index contributed by atoms with van der Waals surface area (Å²) < 4.78 is 41.7. The molecule has 34 heavy (non-hydrogen) atoms. The largest absolute Gasteiger partial charge is 0.469 e. The Bertz CT molecular complexity index is 1310. The Morgan fingerprint density at radius 3 is 2.50 bits per heavy atom. The molecule has 178 valence electrons. The second-order valence-electron chi connectivity index (χ2n) is 8.06. The number of esters is 2. The van der Waals surface area contributed by atoms with Crippen molar-refractivity contribution in [3.63, 3.8) is 0 Å². The molecule has 0 amide bonds. The molecule has 2 aromatic rings. The van der Waals surface area contributed by atoms with Crippen LogP contribution in [0.3, 0.4) is 0 Å². The van der Waals surface area contributed by atoms with Crippen LogP contribution in [0.25, 0.3) is 0 Å². The minimum absolute atomic E-state index is 0.0100. The van der Waals surface area contributed by atoms with Crippen LogP contribution in [-0.2, 0) is 37.4 Å². The third-order valence-corrected chi connectivity index (χ3v) is 6.97. The first-order valence-electron chi connectivity index (χ1n) is 10.6. The van der Waals surface area contributed by atoms with Crippen molar-refractivity contribution in [1.82, 2.24) is 0 Å². The van der Waals surface area contributed by atoms with Gasteiger partial charge in [0.15, 0.2) is 5.75 Å². The predicted molar refractivity (Wildman–Crippen MR) is 126 cm³/mol. The summed E-state index contributed by atoms with van der Waals surface area (Å²) in [6.07, 6.45) is 8.50. The lowest BCUT2D eigenvalue weighted by atomic mass is 9.90. The molecule has 3 rings (SSSR count). The lowest BCUT2D eigenvalue weighted by Crippen LogP contribution is -2.15. The van der Waals surface area contributed by atoms with Crippen LogP contribution in [0, 0.1) is 26.2 Å². The smallest absolute Gasteiger partial charge is 0.342 e. The van der Waals surface area contributed by atoms with E-state index in [1.165, 1.54) is 19.2 Å². The van der Waals surface area contributed by atoms with Gasteiger partial charge in [0.2, 0.25) is 0 Å². The highest BCUT2D eigenvalue weighted by molar-refractivity contribution is 7.87. The highest BCUT2D eigenvalue weighted by Crippen LogP contribution is 2.40. The van der Waals surface area contributed by atoms with Gasteiger partial charge in [-0.2, -0.15) is 8.42 Å². The number of benzene rings is 2. The molecule has 0 fully saturated rings. The molecule has 0 N–H and O–H groups in total. The summed E-state index contributed by atoms with van der Waals surface area (Å²) >= 11 is 0. The van der Waals surface area contributed by atoms with Gasteiger partial charge in [-0.3, -0.25) is 4.79 Å². The molecule has 7 nitrogen and oxygen atoms in total. The van der Waals surface area contributed by atoms with Crippen molar-refractivity contribution in [1.29, 1.82) is 0 Å². The van der Waals surface area contributed by atoms with Gasteiger partial charge in [0.25, 0.3) is 0 Å². The van der Waals surface area contributed by atoms with Gasteiger partial charge in [0.05, 0.1) is 7.11 Å². The maximum Gasteiger partial charge on any atom is 0.342 e. The van der Waals surface area contributed by atoms with Crippen molar-refractivity contribution in [3.05, 3.63) is 69.3 Å². The van der Waals surface area contributed by atoms with Crippen molar-refractivity contribution >= 4 is 22.1 Å². The molecule has 2 aromatic carbocycles. The summed E-state index contributed by atoms with van der Waals surface area (Å²) in [5.41, 5.74) is 3.86. The number of carbonyl (C=O) groups is 2. The van der Waals surface area contributed by atoms with Crippen LogP contribution < -0.4 is 4.18 Å². The van der Waals surface area contributed by atoms with Crippen LogP contribution in [0.5, 0.6) is 5.75 Å². The zero-order chi connectivity index (χ0) is 25.0. The highest BCUT2D eigenvalue weighted by atomic mass is 32.2. The summed E-state index contributed by atoms with van der Waals surface area (Å²) in [4.78, 5) is 24.0. The molecule has 0 saturated carbocycles. The average molecular weight is 483 g/mol. The van der Waals surface area contributed by atoms with Crippen LogP contribution in [0.2, 0.25) is 0 Å². The van der Waals surface area contributed by atoms with Gasteiger partial charge in [0.1, 0.15) is 17.1 Å². The maximum atomic E-state index is 13.1. The highest BCUT2D eigenvalue weighted by Gasteiger charge is 2.34. The molecule has 0 spiro atoms. The Hall–Kier alpha value is -3.57. The molecule has 0 unspecified atom stereocenters. The zero-order valence-electron chi connectivity index (χ0n) is 19.6. The summed E-state index contributed by atoms with van der Waals surface area (Å²) in [7, 11) is -2.93. The molecule has 1 aliphatic rings. The Labute approximate surface area is 199 Å². The van der Waals surface area contributed by atoms with Gasteiger partial charge >= 0.3 is 22.1 Å². The van der Waals surface area contributed by atoms with Crippen molar-refractivity contribution < 1.29 is 31.7 Å². The number of rotatable bonds is 8. The molecule has 0 bridgehead atoms. The van der Waals surface area contributed by atoms with Crippen LogP contribution in [0.1, 0.15) is 57.9 Å². The number of carbonyl (C=O) groups excluding carboxylic acids is 2. The lowest BCUT2D eigenvalue weighted by molar-refractivity contribution is -0.140. The minimum Gasteiger partial charge on any atom is -0.469 e. The third kappa shape index (κ3) is 5.15. The van der Waals surface area contributed by atoms with Crippen LogP contribution in [-0.4, -0.2) is 27.5 Å². The van der Waals surface area contributed by atoms with Gasteiger partial charge in [-0.25, -0.2) is 4.79 Å². The molecule has 1 aliphatic heterocycles. The fourth-order valence-electron chi connectivity index (χ4n) is 3.70. The van der Waals surface area contributed by atoms with E-state index < -0.39 is 16.1 Å². The van der Waals surface area contributed by atoms with E-state index in [2.05, 4.69) is 10.7 Å². The number of terminal acetylenes is 1. The number of ether oxygens (including phenoxy) is 2. The Morgan fingerprint density at radius 2 is 1.88 bits per heavy atom.